The number of anilines is 1. The van der Waals surface area contributed by atoms with Crippen LogP contribution in [0.15, 0.2) is 36.4 Å². The predicted octanol–water partition coefficient (Wildman–Crippen LogP) is 5.04. The average Bonchev–Trinajstić information content (AvgIpc) is 3.22. The number of carbonyl (C=O) groups is 1. The van der Waals surface area contributed by atoms with Crippen LogP contribution in [-0.4, -0.2) is 46.1 Å². The number of carbonyl (C=O) groups excluding carboxylic acids is 1. The van der Waals surface area contributed by atoms with Crippen molar-refractivity contribution >= 4 is 11.7 Å². The van der Waals surface area contributed by atoms with Gasteiger partial charge in [-0.25, -0.2) is 13.5 Å². The molecule has 2 aromatic rings. The van der Waals surface area contributed by atoms with Crippen LogP contribution in [0.5, 0.6) is 0 Å². The van der Waals surface area contributed by atoms with E-state index in [1.165, 1.54) is 10.2 Å². The van der Waals surface area contributed by atoms with E-state index in [4.69, 9.17) is 0 Å². The standard InChI is InChI=1S/C25H34F2N4O/c1-25(2,3)21-16-22-28-19(15-20(24(26)27)31(22)29-21)18-11-13-30(14-12-18)23(32)10-9-17-7-5-4-6-8-17/h4-8,16,18-20,24,28H,9-15H2,1-3H3/t19-,20+/m0/s1. The molecular weight excluding hydrogens is 410 g/mol. The number of aryl methyl sites for hydroxylation is 1. The van der Waals surface area contributed by atoms with Crippen LogP contribution in [-0.2, 0) is 16.6 Å². The Labute approximate surface area is 189 Å². The lowest BCUT2D eigenvalue weighted by Gasteiger charge is -2.40. The molecule has 0 spiro atoms. The first-order valence-corrected chi connectivity index (χ1v) is 11.7. The monoisotopic (exact) mass is 444 g/mol. The molecule has 2 atom stereocenters. The van der Waals surface area contributed by atoms with Gasteiger partial charge in [0.25, 0.3) is 6.43 Å². The van der Waals surface area contributed by atoms with E-state index >= 15 is 0 Å². The number of alkyl halides is 2. The minimum atomic E-state index is -2.45. The smallest absolute Gasteiger partial charge is 0.260 e. The summed E-state index contributed by atoms with van der Waals surface area (Å²) in [5.41, 5.74) is 1.80. The van der Waals surface area contributed by atoms with Gasteiger partial charge in [-0.15, -0.1) is 0 Å². The van der Waals surface area contributed by atoms with Gasteiger partial charge in [-0.1, -0.05) is 51.1 Å². The van der Waals surface area contributed by atoms with Crippen LogP contribution in [0.4, 0.5) is 14.6 Å². The largest absolute Gasteiger partial charge is 0.367 e. The molecule has 1 fully saturated rings. The molecule has 2 aliphatic heterocycles. The number of hydrogen-bond donors (Lipinski definition) is 1. The molecule has 5 nitrogen and oxygen atoms in total. The summed E-state index contributed by atoms with van der Waals surface area (Å²) < 4.78 is 29.3. The van der Waals surface area contributed by atoms with Crippen molar-refractivity contribution in [1.29, 1.82) is 0 Å². The number of amides is 1. The Hall–Kier alpha value is -2.44. The summed E-state index contributed by atoms with van der Waals surface area (Å²) in [6.07, 6.45) is 0.850. The van der Waals surface area contributed by atoms with Crippen molar-refractivity contribution in [2.24, 2.45) is 5.92 Å². The molecule has 0 saturated carbocycles. The lowest BCUT2D eigenvalue weighted by atomic mass is 9.84. The van der Waals surface area contributed by atoms with Gasteiger partial charge < -0.3 is 10.2 Å². The summed E-state index contributed by atoms with van der Waals surface area (Å²) in [5.74, 6) is 1.15. The number of nitrogens with zero attached hydrogens (tertiary/aromatic N) is 3. The van der Waals surface area contributed by atoms with Crippen molar-refractivity contribution in [3.63, 3.8) is 0 Å². The molecule has 3 heterocycles. The van der Waals surface area contributed by atoms with Crippen LogP contribution >= 0.6 is 0 Å². The highest BCUT2D eigenvalue weighted by molar-refractivity contribution is 5.76. The maximum absolute atomic E-state index is 13.9. The molecule has 0 aliphatic carbocycles. The van der Waals surface area contributed by atoms with Crippen molar-refractivity contribution in [3.8, 4) is 0 Å². The molecule has 1 aromatic heterocycles. The Bertz CT molecular complexity index is 914. The number of rotatable bonds is 5. The number of aromatic nitrogens is 2. The lowest BCUT2D eigenvalue weighted by Crippen LogP contribution is -2.46. The van der Waals surface area contributed by atoms with Crippen LogP contribution < -0.4 is 5.32 Å². The van der Waals surface area contributed by atoms with Crippen molar-refractivity contribution in [1.82, 2.24) is 14.7 Å². The Morgan fingerprint density at radius 3 is 2.50 bits per heavy atom. The minimum absolute atomic E-state index is 0.0208. The second kappa shape index (κ2) is 9.20. The third-order valence-electron chi connectivity index (χ3n) is 6.87. The van der Waals surface area contributed by atoms with Gasteiger partial charge in [-0.05, 0) is 37.2 Å². The van der Waals surface area contributed by atoms with Gasteiger partial charge in [0.15, 0.2) is 0 Å². The van der Waals surface area contributed by atoms with E-state index in [0.717, 1.165) is 25.0 Å². The van der Waals surface area contributed by atoms with Crippen molar-refractivity contribution in [3.05, 3.63) is 47.7 Å². The first kappa shape index (κ1) is 22.7. The van der Waals surface area contributed by atoms with E-state index in [1.54, 1.807) is 0 Å². The van der Waals surface area contributed by atoms with Gasteiger partial charge in [-0.3, -0.25) is 4.79 Å². The number of piperidine rings is 1. The lowest BCUT2D eigenvalue weighted by molar-refractivity contribution is -0.132. The summed E-state index contributed by atoms with van der Waals surface area (Å²) in [4.78, 5) is 14.6. The molecule has 1 saturated heterocycles. The molecule has 1 amide bonds. The molecule has 174 valence electrons. The highest BCUT2D eigenvalue weighted by atomic mass is 19.3. The van der Waals surface area contributed by atoms with Gasteiger partial charge in [0.2, 0.25) is 5.91 Å². The highest BCUT2D eigenvalue weighted by Gasteiger charge is 2.39. The average molecular weight is 445 g/mol. The zero-order valence-corrected chi connectivity index (χ0v) is 19.2. The molecule has 0 radical (unpaired) electrons. The predicted molar refractivity (Wildman–Crippen MR) is 122 cm³/mol. The summed E-state index contributed by atoms with van der Waals surface area (Å²) >= 11 is 0. The number of fused-ring (bicyclic) bond motifs is 1. The van der Waals surface area contributed by atoms with E-state index < -0.39 is 12.5 Å². The summed E-state index contributed by atoms with van der Waals surface area (Å²) in [5, 5.41) is 8.00. The first-order valence-electron chi connectivity index (χ1n) is 11.7. The molecule has 1 aromatic carbocycles. The Kier molecular flexibility index (Phi) is 6.54. The zero-order valence-electron chi connectivity index (χ0n) is 19.2. The van der Waals surface area contributed by atoms with Crippen molar-refractivity contribution in [2.45, 2.75) is 76.8 Å². The molecule has 0 unspecified atom stereocenters. The number of nitrogens with one attached hydrogen (secondary N) is 1. The summed E-state index contributed by atoms with van der Waals surface area (Å²) in [6, 6.07) is 11.0. The number of benzene rings is 1. The second-order valence-electron chi connectivity index (χ2n) is 10.2. The molecule has 7 heteroatoms. The molecule has 1 N–H and O–H groups in total. The quantitative estimate of drug-likeness (QED) is 0.703. The van der Waals surface area contributed by atoms with Crippen LogP contribution in [0, 0.1) is 5.92 Å². The Morgan fingerprint density at radius 2 is 1.88 bits per heavy atom. The molecule has 32 heavy (non-hydrogen) atoms. The Morgan fingerprint density at radius 1 is 1.19 bits per heavy atom. The highest BCUT2D eigenvalue weighted by Crippen LogP contribution is 2.38. The summed E-state index contributed by atoms with van der Waals surface area (Å²) in [7, 11) is 0. The number of hydrogen-bond acceptors (Lipinski definition) is 3. The number of likely N-dealkylation sites (tertiary alicyclic amines) is 1. The van der Waals surface area contributed by atoms with Gasteiger partial charge in [0.1, 0.15) is 11.9 Å². The molecule has 2 aliphatic rings. The van der Waals surface area contributed by atoms with Gasteiger partial charge >= 0.3 is 0 Å². The molecular formula is C25H34F2N4O. The van der Waals surface area contributed by atoms with Gasteiger partial charge in [0.05, 0.1) is 5.69 Å². The maximum Gasteiger partial charge on any atom is 0.260 e. The molecule has 4 rings (SSSR count). The third kappa shape index (κ3) is 4.97. The van der Waals surface area contributed by atoms with E-state index in [-0.39, 0.29) is 23.3 Å². The summed E-state index contributed by atoms with van der Waals surface area (Å²) in [6.45, 7) is 7.52. The van der Waals surface area contributed by atoms with E-state index in [1.807, 2.05) is 62.1 Å². The van der Waals surface area contributed by atoms with Crippen molar-refractivity contribution in [2.75, 3.05) is 18.4 Å². The van der Waals surface area contributed by atoms with Gasteiger partial charge in [-0.2, -0.15) is 5.10 Å². The zero-order chi connectivity index (χ0) is 22.9. The first-order chi connectivity index (χ1) is 15.2. The normalized spacial score (nSPS) is 22.0. The van der Waals surface area contributed by atoms with Crippen LogP contribution in [0.2, 0.25) is 0 Å². The topological polar surface area (TPSA) is 50.2 Å². The van der Waals surface area contributed by atoms with E-state index in [2.05, 4.69) is 10.4 Å². The number of halogens is 2. The van der Waals surface area contributed by atoms with Crippen molar-refractivity contribution < 1.29 is 13.6 Å². The maximum atomic E-state index is 13.9. The van der Waals surface area contributed by atoms with E-state index in [0.29, 0.717) is 31.7 Å². The fourth-order valence-corrected chi connectivity index (χ4v) is 4.86. The van der Waals surface area contributed by atoms with Crippen LogP contribution in [0.1, 0.15) is 63.8 Å². The fraction of sp³-hybridized carbons (Fsp3) is 0.600. The fourth-order valence-electron chi connectivity index (χ4n) is 4.86. The van der Waals surface area contributed by atoms with Gasteiger partial charge in [0, 0.05) is 37.0 Å². The third-order valence-corrected chi connectivity index (χ3v) is 6.87. The Balaban J connectivity index is 1.36. The SMILES string of the molecule is CC(C)(C)c1cc2n(n1)[C@@H](C(F)F)C[C@@H](C1CCN(C(=O)CCc3ccccc3)CC1)N2. The van der Waals surface area contributed by atoms with Crippen LogP contribution in [0.3, 0.4) is 0 Å². The van der Waals surface area contributed by atoms with Crippen LogP contribution in [0.25, 0.3) is 0 Å². The van der Waals surface area contributed by atoms with E-state index in [9.17, 15) is 13.6 Å². The minimum Gasteiger partial charge on any atom is -0.367 e. The second-order valence-corrected chi connectivity index (χ2v) is 10.2. The molecule has 0 bridgehead atoms.